The second-order valence-corrected chi connectivity index (χ2v) is 5.52. The molecule has 0 spiro atoms. The predicted octanol–water partition coefficient (Wildman–Crippen LogP) is 3.00. The van der Waals surface area contributed by atoms with Gasteiger partial charge < -0.3 is 20.1 Å². The van der Waals surface area contributed by atoms with Crippen LogP contribution in [-0.2, 0) is 14.3 Å². The zero-order chi connectivity index (χ0) is 19.0. The van der Waals surface area contributed by atoms with Gasteiger partial charge in [0.15, 0.2) is 12.2 Å². The third kappa shape index (κ3) is 6.03. The van der Waals surface area contributed by atoms with Crippen molar-refractivity contribution in [1.29, 1.82) is 0 Å². The molecule has 6 nitrogen and oxygen atoms in total. The average Bonchev–Trinajstić information content (AvgIpc) is 2.61. The maximum absolute atomic E-state index is 10.9. The molecule has 134 valence electrons. The topological polar surface area (TPSA) is 104 Å². The lowest BCUT2D eigenvalue weighted by atomic mass is 10.1. The number of hydrogen-bond donors (Lipinski definition) is 3. The first-order chi connectivity index (χ1) is 11.8. The number of aliphatic carboxylic acids is 1. The zero-order valence-electron chi connectivity index (χ0n) is 13.1. The van der Waals surface area contributed by atoms with E-state index in [0.717, 1.165) is 0 Å². The van der Waals surface area contributed by atoms with Crippen molar-refractivity contribution in [1.82, 2.24) is 0 Å². The fourth-order valence-corrected chi connectivity index (χ4v) is 2.24. The molecule has 1 unspecified atom stereocenters. The number of carboxylic acids is 1. The van der Waals surface area contributed by atoms with Gasteiger partial charge in [-0.05, 0) is 12.1 Å². The van der Waals surface area contributed by atoms with Crippen molar-refractivity contribution in [2.24, 2.45) is 0 Å². The van der Waals surface area contributed by atoms with Gasteiger partial charge in [-0.25, -0.2) is 9.59 Å². The highest BCUT2D eigenvalue weighted by molar-refractivity contribution is 6.31. The lowest BCUT2D eigenvalue weighted by molar-refractivity contribution is -0.150. The number of carbonyl (C=O) groups excluding carboxylic acids is 1. The molecule has 2 aromatic rings. The molecule has 2 rings (SSSR count). The number of esters is 1. The van der Waals surface area contributed by atoms with Crippen molar-refractivity contribution in [3.63, 3.8) is 0 Å². The maximum Gasteiger partial charge on any atom is 0.339 e. The summed E-state index contributed by atoms with van der Waals surface area (Å²) in [5.41, 5.74) is 0.572. The largest absolute Gasteiger partial charge is 0.479 e. The summed E-state index contributed by atoms with van der Waals surface area (Å²) in [6.45, 7) is 0. The van der Waals surface area contributed by atoms with Crippen LogP contribution in [0.1, 0.15) is 23.3 Å². The summed E-state index contributed by atoms with van der Waals surface area (Å²) in [6, 6.07) is 12.9. The lowest BCUT2D eigenvalue weighted by Gasteiger charge is -2.09. The molecule has 0 aromatic heterocycles. The molecule has 0 radical (unpaired) electrons. The van der Waals surface area contributed by atoms with Crippen molar-refractivity contribution in [3.05, 3.63) is 69.7 Å². The number of hydrogen-bond acceptors (Lipinski definition) is 5. The van der Waals surface area contributed by atoms with Gasteiger partial charge in [0, 0.05) is 21.2 Å². The van der Waals surface area contributed by atoms with Crippen LogP contribution >= 0.6 is 23.2 Å². The third-order valence-corrected chi connectivity index (χ3v) is 3.75. The number of carboxylic acid groups (broad SMARTS) is 1. The van der Waals surface area contributed by atoms with Crippen molar-refractivity contribution in [2.75, 3.05) is 7.11 Å². The molecule has 2 aromatic carbocycles. The SMILES string of the molecule is COC(=O)C(O)c1ccccc1Cl.O=C(O)[C@H](O)c1ccccc1Cl. The van der Waals surface area contributed by atoms with Gasteiger partial charge in [-0.1, -0.05) is 59.6 Å². The van der Waals surface area contributed by atoms with Crippen LogP contribution in [0.4, 0.5) is 0 Å². The van der Waals surface area contributed by atoms with Gasteiger partial charge in [-0.3, -0.25) is 0 Å². The summed E-state index contributed by atoms with van der Waals surface area (Å²) in [5, 5.41) is 27.6. The van der Waals surface area contributed by atoms with Crippen LogP contribution in [-0.4, -0.2) is 34.4 Å². The normalized spacial score (nSPS) is 12.4. The molecule has 0 aliphatic carbocycles. The van der Waals surface area contributed by atoms with E-state index in [1.807, 2.05) is 0 Å². The van der Waals surface area contributed by atoms with Crippen LogP contribution in [0.5, 0.6) is 0 Å². The molecule has 0 bridgehead atoms. The molecule has 0 saturated carbocycles. The molecule has 0 aliphatic heterocycles. The molecule has 2 atom stereocenters. The Bertz CT molecular complexity index is 735. The van der Waals surface area contributed by atoms with E-state index in [1.165, 1.54) is 19.2 Å². The van der Waals surface area contributed by atoms with E-state index in [4.69, 9.17) is 33.4 Å². The zero-order valence-corrected chi connectivity index (χ0v) is 14.6. The number of carbonyl (C=O) groups is 2. The predicted molar refractivity (Wildman–Crippen MR) is 92.5 cm³/mol. The van der Waals surface area contributed by atoms with Crippen LogP contribution in [0.3, 0.4) is 0 Å². The first kappa shape index (κ1) is 20.9. The summed E-state index contributed by atoms with van der Waals surface area (Å²) in [5.74, 6) is -2.02. The molecular weight excluding hydrogens is 371 g/mol. The number of ether oxygens (including phenoxy) is 1. The minimum absolute atomic E-state index is 0.215. The van der Waals surface area contributed by atoms with Crippen molar-refractivity contribution >= 4 is 35.1 Å². The minimum atomic E-state index is -1.54. The molecule has 0 heterocycles. The van der Waals surface area contributed by atoms with Crippen LogP contribution in [0.25, 0.3) is 0 Å². The highest BCUT2D eigenvalue weighted by atomic mass is 35.5. The molecule has 3 N–H and O–H groups in total. The van der Waals surface area contributed by atoms with Crippen LogP contribution in [0.15, 0.2) is 48.5 Å². The second-order valence-electron chi connectivity index (χ2n) is 4.71. The van der Waals surface area contributed by atoms with E-state index in [1.54, 1.807) is 36.4 Å². The third-order valence-electron chi connectivity index (χ3n) is 3.06. The Morgan fingerprint density at radius 1 is 0.880 bits per heavy atom. The summed E-state index contributed by atoms with van der Waals surface area (Å²) in [7, 11) is 1.21. The van der Waals surface area contributed by atoms with E-state index in [9.17, 15) is 14.7 Å². The van der Waals surface area contributed by atoms with Gasteiger partial charge in [0.25, 0.3) is 0 Å². The number of halogens is 2. The highest BCUT2D eigenvalue weighted by Crippen LogP contribution is 2.23. The van der Waals surface area contributed by atoms with Gasteiger partial charge in [0.2, 0.25) is 0 Å². The molecule has 8 heteroatoms. The van der Waals surface area contributed by atoms with Gasteiger partial charge in [0.05, 0.1) is 7.11 Å². The Morgan fingerprint density at radius 3 is 1.64 bits per heavy atom. The van der Waals surface area contributed by atoms with Gasteiger partial charge in [-0.15, -0.1) is 0 Å². The van der Waals surface area contributed by atoms with Gasteiger partial charge >= 0.3 is 11.9 Å². The maximum atomic E-state index is 10.9. The Balaban J connectivity index is 0.000000251. The first-order valence-electron chi connectivity index (χ1n) is 6.95. The fraction of sp³-hybridized carbons (Fsp3) is 0.176. The fourth-order valence-electron chi connectivity index (χ4n) is 1.77. The summed E-state index contributed by atoms with van der Waals surface area (Å²) < 4.78 is 4.37. The molecule has 0 saturated heterocycles. The van der Waals surface area contributed by atoms with Crippen LogP contribution < -0.4 is 0 Å². The van der Waals surface area contributed by atoms with E-state index in [2.05, 4.69) is 4.74 Å². The summed E-state index contributed by atoms with van der Waals surface area (Å²) >= 11 is 11.4. The Labute approximate surface area is 154 Å². The first-order valence-corrected chi connectivity index (χ1v) is 7.70. The minimum Gasteiger partial charge on any atom is -0.479 e. The summed E-state index contributed by atoms with van der Waals surface area (Å²) in [4.78, 5) is 21.3. The average molecular weight is 387 g/mol. The monoisotopic (exact) mass is 386 g/mol. The number of aliphatic hydroxyl groups is 2. The second kappa shape index (κ2) is 10.0. The van der Waals surface area contributed by atoms with E-state index < -0.39 is 24.1 Å². The van der Waals surface area contributed by atoms with Crippen molar-refractivity contribution in [2.45, 2.75) is 12.2 Å². The number of methoxy groups -OCH3 is 1. The van der Waals surface area contributed by atoms with Gasteiger partial charge in [-0.2, -0.15) is 0 Å². The summed E-state index contributed by atoms with van der Waals surface area (Å²) in [6.07, 6.45) is -2.85. The highest BCUT2D eigenvalue weighted by Gasteiger charge is 2.19. The quantitative estimate of drug-likeness (QED) is 0.697. The number of aliphatic hydroxyl groups excluding tert-OH is 2. The van der Waals surface area contributed by atoms with E-state index in [-0.39, 0.29) is 10.6 Å². The van der Waals surface area contributed by atoms with Crippen molar-refractivity contribution in [3.8, 4) is 0 Å². The number of rotatable bonds is 4. The van der Waals surface area contributed by atoms with Crippen LogP contribution in [0.2, 0.25) is 10.0 Å². The Kier molecular flexibility index (Phi) is 8.37. The van der Waals surface area contributed by atoms with E-state index in [0.29, 0.717) is 10.6 Å². The van der Waals surface area contributed by atoms with E-state index >= 15 is 0 Å². The van der Waals surface area contributed by atoms with Crippen molar-refractivity contribution < 1.29 is 29.6 Å². The molecule has 0 aliphatic rings. The molecular formula is C17H16Cl2O6. The molecule has 0 amide bonds. The Hall–Kier alpha value is -2.12. The molecule has 25 heavy (non-hydrogen) atoms. The lowest BCUT2D eigenvalue weighted by Crippen LogP contribution is -2.13. The number of benzene rings is 2. The van der Waals surface area contributed by atoms with Gasteiger partial charge in [0.1, 0.15) is 0 Å². The Morgan fingerprint density at radius 2 is 1.28 bits per heavy atom. The molecule has 0 fully saturated rings. The smallest absolute Gasteiger partial charge is 0.339 e. The standard InChI is InChI=1S/C9H9ClO3.C8H7ClO3/c1-13-9(12)8(11)6-4-2-3-5-7(6)10;9-6-4-2-1-3-5(6)7(10)8(11)12/h2-5,8,11H,1H3;1-4,7,10H,(H,11,12)/t;7-/m.1/s1. The van der Waals surface area contributed by atoms with Crippen LogP contribution in [0, 0.1) is 0 Å².